The Labute approximate surface area is 225 Å². The molecule has 0 saturated heterocycles. The number of fused-ring (bicyclic) bond motifs is 4. The van der Waals surface area contributed by atoms with Crippen molar-refractivity contribution < 1.29 is 50.8 Å². The summed E-state index contributed by atoms with van der Waals surface area (Å²) in [5.41, 5.74) is -6.71. The van der Waals surface area contributed by atoms with Crippen LogP contribution in [0.25, 0.3) is 33.2 Å². The summed E-state index contributed by atoms with van der Waals surface area (Å²) in [7, 11) is 0. The van der Waals surface area contributed by atoms with Crippen molar-refractivity contribution >= 4 is 10.8 Å². The number of aromatic nitrogens is 1. The Balaban J connectivity index is 0.00000294. The Morgan fingerprint density at radius 3 is 2.13 bits per heavy atom. The van der Waals surface area contributed by atoms with Gasteiger partial charge in [0.15, 0.2) is 23.3 Å². The number of hydrogen-bond donors (Lipinski definition) is 0. The number of nitrogens with zero attached hydrogens (tertiary/aromatic N) is 1. The predicted octanol–water partition coefficient (Wildman–Crippen LogP) is 8.13. The van der Waals surface area contributed by atoms with Gasteiger partial charge in [-0.2, -0.15) is 13.2 Å². The molecule has 1 nitrogen and oxygen atoms in total. The van der Waals surface area contributed by atoms with Crippen LogP contribution in [-0.4, -0.2) is 11.2 Å². The molecular formula is C29H13F7IrN-. The number of halogens is 7. The molecule has 0 bridgehead atoms. The molecule has 1 heterocycles. The van der Waals surface area contributed by atoms with E-state index in [1.165, 1.54) is 24.4 Å². The molecule has 5 aromatic rings. The fraction of sp³-hybridized carbons (Fsp3) is 0.0690. The number of alkyl halides is 3. The van der Waals surface area contributed by atoms with E-state index in [2.05, 4.69) is 11.1 Å². The minimum Gasteiger partial charge on any atom is -0.304 e. The normalized spacial score (nSPS) is 16.2. The van der Waals surface area contributed by atoms with Crippen molar-refractivity contribution in [2.75, 3.05) is 0 Å². The molecule has 38 heavy (non-hydrogen) atoms. The average Bonchev–Trinajstić information content (AvgIpc) is 3.22. The molecule has 1 aliphatic rings. The predicted molar refractivity (Wildman–Crippen MR) is 124 cm³/mol. The van der Waals surface area contributed by atoms with E-state index in [1.807, 2.05) is 0 Å². The van der Waals surface area contributed by atoms with E-state index in [4.69, 9.17) is 0 Å². The topological polar surface area (TPSA) is 12.9 Å². The van der Waals surface area contributed by atoms with E-state index >= 15 is 22.0 Å². The van der Waals surface area contributed by atoms with Crippen LogP contribution in [0.3, 0.4) is 0 Å². The third kappa shape index (κ3) is 3.38. The zero-order valence-electron chi connectivity index (χ0n) is 18.9. The summed E-state index contributed by atoms with van der Waals surface area (Å²) >= 11 is 0. The SMILES string of the molecule is Fc1c(F)c(F)c2c(c1F)-c1c[c-]c(-c3nccc4ccccc34)cc1C2(c1ccccc1)C(F)(F)F.[Ir]. The molecule has 9 heteroatoms. The molecule has 0 amide bonds. The second-order valence-electron chi connectivity index (χ2n) is 8.67. The van der Waals surface area contributed by atoms with Gasteiger partial charge in [0.1, 0.15) is 5.41 Å². The fourth-order valence-corrected chi connectivity index (χ4v) is 5.30. The van der Waals surface area contributed by atoms with Gasteiger partial charge in [-0.1, -0.05) is 65.7 Å². The van der Waals surface area contributed by atoms with Crippen LogP contribution >= 0.6 is 0 Å². The van der Waals surface area contributed by atoms with Gasteiger partial charge in [-0.15, -0.1) is 23.8 Å². The molecule has 4 aromatic carbocycles. The summed E-state index contributed by atoms with van der Waals surface area (Å²) < 4.78 is 105. The quantitative estimate of drug-likeness (QED) is 0.0785. The Morgan fingerprint density at radius 1 is 0.763 bits per heavy atom. The smallest absolute Gasteiger partial charge is 0.304 e. The van der Waals surface area contributed by atoms with E-state index in [1.54, 1.807) is 30.3 Å². The van der Waals surface area contributed by atoms with E-state index in [0.717, 1.165) is 29.7 Å². The molecular weight excluding hydrogens is 688 g/mol. The monoisotopic (exact) mass is 701 g/mol. The van der Waals surface area contributed by atoms with Crippen molar-refractivity contribution in [1.82, 2.24) is 4.98 Å². The van der Waals surface area contributed by atoms with Crippen molar-refractivity contribution in [3.8, 4) is 22.4 Å². The Kier molecular flexibility index (Phi) is 6.20. The van der Waals surface area contributed by atoms with Crippen LogP contribution in [-0.2, 0) is 25.5 Å². The third-order valence-corrected chi connectivity index (χ3v) is 6.83. The molecule has 0 N–H and O–H groups in total. The van der Waals surface area contributed by atoms with E-state index in [-0.39, 0.29) is 25.7 Å². The maximum Gasteiger partial charge on any atom is 0.404 e. The molecule has 1 aromatic heterocycles. The van der Waals surface area contributed by atoms with Crippen molar-refractivity contribution in [2.24, 2.45) is 0 Å². The molecule has 193 valence electrons. The molecule has 1 atom stereocenters. The number of hydrogen-bond acceptors (Lipinski definition) is 1. The molecule has 0 fully saturated rings. The molecule has 0 aliphatic heterocycles. The third-order valence-electron chi connectivity index (χ3n) is 6.83. The van der Waals surface area contributed by atoms with Gasteiger partial charge in [-0.05, 0) is 33.7 Å². The number of rotatable bonds is 2. The fourth-order valence-electron chi connectivity index (χ4n) is 5.30. The van der Waals surface area contributed by atoms with Crippen LogP contribution in [0.1, 0.15) is 16.7 Å². The summed E-state index contributed by atoms with van der Waals surface area (Å²) in [4.78, 5) is 4.32. The van der Waals surface area contributed by atoms with Gasteiger partial charge in [-0.25, -0.2) is 17.6 Å². The van der Waals surface area contributed by atoms with Crippen LogP contribution in [0.15, 0.2) is 79.0 Å². The number of pyridine rings is 1. The zero-order valence-corrected chi connectivity index (χ0v) is 21.3. The molecule has 0 spiro atoms. The van der Waals surface area contributed by atoms with Crippen molar-refractivity contribution in [1.29, 1.82) is 0 Å². The first-order valence-electron chi connectivity index (χ1n) is 11.1. The van der Waals surface area contributed by atoms with Crippen LogP contribution in [0.5, 0.6) is 0 Å². The first kappa shape index (κ1) is 26.1. The Bertz CT molecular complexity index is 1710. The van der Waals surface area contributed by atoms with Gasteiger partial charge in [0.05, 0.1) is 0 Å². The molecule has 1 radical (unpaired) electrons. The first-order valence-corrected chi connectivity index (χ1v) is 11.1. The van der Waals surface area contributed by atoms with Gasteiger partial charge in [0, 0.05) is 31.9 Å². The minimum atomic E-state index is -5.28. The Morgan fingerprint density at radius 2 is 1.42 bits per heavy atom. The van der Waals surface area contributed by atoms with Crippen LogP contribution in [0.2, 0.25) is 0 Å². The van der Waals surface area contributed by atoms with E-state index in [9.17, 15) is 8.78 Å². The molecule has 1 aliphatic carbocycles. The first-order chi connectivity index (χ1) is 17.7. The Hall–Kier alpha value is -3.55. The maximum atomic E-state index is 15.3. The summed E-state index contributed by atoms with van der Waals surface area (Å²) in [6, 6.07) is 20.0. The largest absolute Gasteiger partial charge is 0.404 e. The standard InChI is InChI=1S/C29H13F7N.Ir/c30-23-21-19-11-10-16(27-18-9-5-4-6-15(18)12-13-37-27)14-20(19)28(29(34,35)36,17-7-2-1-3-8-17)22(21)24(31)26(33)25(23)32;/h1-9,11-14H;/q-1;. The van der Waals surface area contributed by atoms with Gasteiger partial charge in [0.2, 0.25) is 0 Å². The molecule has 6 rings (SSSR count). The summed E-state index contributed by atoms with van der Waals surface area (Å²) in [5, 5.41) is 1.37. The molecule has 1 unspecified atom stereocenters. The van der Waals surface area contributed by atoms with Crippen LogP contribution < -0.4 is 0 Å². The minimum absolute atomic E-state index is 0. The summed E-state index contributed by atoms with van der Waals surface area (Å²) in [6.07, 6.45) is -3.80. The van der Waals surface area contributed by atoms with Gasteiger partial charge in [0.25, 0.3) is 0 Å². The zero-order chi connectivity index (χ0) is 26.1. The molecule has 0 saturated carbocycles. The van der Waals surface area contributed by atoms with Gasteiger partial charge in [-0.3, -0.25) is 0 Å². The van der Waals surface area contributed by atoms with Crippen molar-refractivity contribution in [2.45, 2.75) is 11.6 Å². The summed E-state index contributed by atoms with van der Waals surface area (Å²) in [5.74, 6) is -8.50. The number of benzene rings is 4. The van der Waals surface area contributed by atoms with Crippen molar-refractivity contribution in [3.63, 3.8) is 0 Å². The van der Waals surface area contributed by atoms with Gasteiger partial charge < -0.3 is 4.98 Å². The second kappa shape index (κ2) is 9.03. The maximum absolute atomic E-state index is 15.3. The summed E-state index contributed by atoms with van der Waals surface area (Å²) in [6.45, 7) is 0. The van der Waals surface area contributed by atoms with E-state index in [0.29, 0.717) is 11.1 Å². The van der Waals surface area contributed by atoms with Crippen molar-refractivity contribution in [3.05, 3.63) is 125 Å². The second-order valence-corrected chi connectivity index (χ2v) is 8.67. The van der Waals surface area contributed by atoms with Gasteiger partial charge >= 0.3 is 6.18 Å². The van der Waals surface area contributed by atoms with Crippen LogP contribution in [0, 0.1) is 29.3 Å². The average molecular weight is 701 g/mol. The van der Waals surface area contributed by atoms with E-state index < -0.39 is 62.7 Å². The van der Waals surface area contributed by atoms with Crippen LogP contribution in [0.4, 0.5) is 30.7 Å².